The number of carbonyl (C=O) groups excluding carboxylic acids is 1. The Morgan fingerprint density at radius 2 is 1.36 bits per heavy atom. The minimum Gasteiger partial charge on any atom is -0.289 e. The van der Waals surface area contributed by atoms with Crippen LogP contribution in [0.25, 0.3) is 11.1 Å². The van der Waals surface area contributed by atoms with Crippen LogP contribution in [-0.2, 0) is 0 Å². The van der Waals surface area contributed by atoms with Crippen LogP contribution in [-0.4, -0.2) is 5.78 Å². The molecule has 22 heavy (non-hydrogen) atoms. The first-order chi connectivity index (χ1) is 10.6. The smallest absolute Gasteiger partial charge is 0.193 e. The number of ketones is 1. The van der Waals surface area contributed by atoms with E-state index in [0.717, 1.165) is 16.7 Å². The fourth-order valence-electron chi connectivity index (χ4n) is 2.40. The van der Waals surface area contributed by atoms with Crippen molar-refractivity contribution in [1.82, 2.24) is 0 Å². The van der Waals surface area contributed by atoms with Gasteiger partial charge in [-0.3, -0.25) is 4.79 Å². The molecule has 0 heterocycles. The van der Waals surface area contributed by atoms with E-state index >= 15 is 0 Å². The minimum atomic E-state index is 0.0133. The molecule has 3 aromatic carbocycles. The van der Waals surface area contributed by atoms with Gasteiger partial charge >= 0.3 is 0 Å². The maximum atomic E-state index is 12.5. The lowest BCUT2D eigenvalue weighted by molar-refractivity contribution is 0.103. The molecule has 0 saturated carbocycles. The molecular weight excluding hydrogens is 292 g/mol. The number of hydrogen-bond donors (Lipinski definition) is 0. The molecule has 0 bridgehead atoms. The van der Waals surface area contributed by atoms with Crippen LogP contribution in [0.2, 0.25) is 5.02 Å². The first-order valence-electron chi connectivity index (χ1n) is 7.11. The first-order valence-corrected chi connectivity index (χ1v) is 7.49. The Kier molecular flexibility index (Phi) is 4.08. The number of aryl methyl sites for hydroxylation is 1. The second kappa shape index (κ2) is 6.17. The van der Waals surface area contributed by atoms with E-state index in [2.05, 4.69) is 12.1 Å². The van der Waals surface area contributed by atoms with Crippen LogP contribution < -0.4 is 0 Å². The van der Waals surface area contributed by atoms with Gasteiger partial charge in [-0.25, -0.2) is 0 Å². The highest BCUT2D eigenvalue weighted by Crippen LogP contribution is 2.22. The van der Waals surface area contributed by atoms with Crippen molar-refractivity contribution < 1.29 is 4.79 Å². The second-order valence-electron chi connectivity index (χ2n) is 5.24. The SMILES string of the molecule is Cc1cc(C(=O)c2ccc(-c3ccccc3)cc2)ccc1Cl. The highest BCUT2D eigenvalue weighted by Gasteiger charge is 2.10. The summed E-state index contributed by atoms with van der Waals surface area (Å²) in [6.07, 6.45) is 0. The molecule has 0 atom stereocenters. The van der Waals surface area contributed by atoms with Gasteiger partial charge in [0.15, 0.2) is 5.78 Å². The summed E-state index contributed by atoms with van der Waals surface area (Å²) >= 11 is 6.01. The normalized spacial score (nSPS) is 10.5. The fourth-order valence-corrected chi connectivity index (χ4v) is 2.51. The molecule has 0 unspecified atom stereocenters. The summed E-state index contributed by atoms with van der Waals surface area (Å²) in [6, 6.07) is 23.2. The van der Waals surface area contributed by atoms with Crippen molar-refractivity contribution >= 4 is 17.4 Å². The van der Waals surface area contributed by atoms with Crippen LogP contribution in [0.3, 0.4) is 0 Å². The molecule has 0 aliphatic rings. The second-order valence-corrected chi connectivity index (χ2v) is 5.64. The van der Waals surface area contributed by atoms with Crippen LogP contribution >= 0.6 is 11.6 Å². The lowest BCUT2D eigenvalue weighted by Gasteiger charge is -2.06. The van der Waals surface area contributed by atoms with E-state index in [4.69, 9.17) is 11.6 Å². The summed E-state index contributed by atoms with van der Waals surface area (Å²) in [6.45, 7) is 1.90. The predicted molar refractivity (Wildman–Crippen MR) is 91.5 cm³/mol. The number of benzene rings is 3. The molecule has 108 valence electrons. The molecule has 1 nitrogen and oxygen atoms in total. The first kappa shape index (κ1) is 14.6. The van der Waals surface area contributed by atoms with Gasteiger partial charge in [0.25, 0.3) is 0 Å². The van der Waals surface area contributed by atoms with Crippen LogP contribution in [0.15, 0.2) is 72.8 Å². The highest BCUT2D eigenvalue weighted by molar-refractivity contribution is 6.31. The van der Waals surface area contributed by atoms with Gasteiger partial charge < -0.3 is 0 Å². The maximum Gasteiger partial charge on any atom is 0.193 e. The lowest BCUT2D eigenvalue weighted by atomic mass is 9.98. The largest absolute Gasteiger partial charge is 0.289 e. The van der Waals surface area contributed by atoms with Crippen molar-refractivity contribution in [1.29, 1.82) is 0 Å². The van der Waals surface area contributed by atoms with E-state index < -0.39 is 0 Å². The van der Waals surface area contributed by atoms with Gasteiger partial charge in [0.2, 0.25) is 0 Å². The van der Waals surface area contributed by atoms with Crippen LogP contribution in [0.4, 0.5) is 0 Å². The van der Waals surface area contributed by atoms with Gasteiger partial charge in [-0.2, -0.15) is 0 Å². The van der Waals surface area contributed by atoms with Crippen molar-refractivity contribution in [2.45, 2.75) is 6.92 Å². The monoisotopic (exact) mass is 306 g/mol. The number of halogens is 1. The van der Waals surface area contributed by atoms with Gasteiger partial charge in [-0.15, -0.1) is 0 Å². The van der Waals surface area contributed by atoms with Crippen molar-refractivity contribution in [2.24, 2.45) is 0 Å². The Labute approximate surface area is 135 Å². The molecule has 0 N–H and O–H groups in total. The van der Waals surface area contributed by atoms with Crippen molar-refractivity contribution in [2.75, 3.05) is 0 Å². The third kappa shape index (κ3) is 2.95. The molecule has 0 aromatic heterocycles. The Morgan fingerprint density at radius 3 is 2.00 bits per heavy atom. The van der Waals surface area contributed by atoms with Gasteiger partial charge in [0.1, 0.15) is 0 Å². The third-order valence-corrected chi connectivity index (χ3v) is 4.10. The summed E-state index contributed by atoms with van der Waals surface area (Å²) in [5.41, 5.74) is 4.50. The fraction of sp³-hybridized carbons (Fsp3) is 0.0500. The van der Waals surface area contributed by atoms with Crippen LogP contribution in [0.5, 0.6) is 0 Å². The van der Waals surface area contributed by atoms with Crippen LogP contribution in [0.1, 0.15) is 21.5 Å². The molecule has 0 aliphatic heterocycles. The van der Waals surface area contributed by atoms with E-state index in [9.17, 15) is 4.79 Å². The van der Waals surface area contributed by atoms with Gasteiger partial charge in [-0.05, 0) is 41.8 Å². The van der Waals surface area contributed by atoms with Crippen molar-refractivity contribution in [3.8, 4) is 11.1 Å². The molecule has 0 amide bonds. The average Bonchev–Trinajstić information content (AvgIpc) is 2.58. The molecule has 0 saturated heterocycles. The van der Waals surface area contributed by atoms with E-state index in [-0.39, 0.29) is 5.78 Å². The molecule has 0 radical (unpaired) electrons. The van der Waals surface area contributed by atoms with E-state index in [0.29, 0.717) is 16.1 Å². The molecule has 3 rings (SSSR count). The Balaban J connectivity index is 1.89. The third-order valence-electron chi connectivity index (χ3n) is 3.67. The zero-order valence-electron chi connectivity index (χ0n) is 12.2. The molecule has 0 fully saturated rings. The summed E-state index contributed by atoms with van der Waals surface area (Å²) in [4.78, 5) is 12.5. The van der Waals surface area contributed by atoms with E-state index in [1.165, 1.54) is 0 Å². The van der Waals surface area contributed by atoms with E-state index in [1.807, 2.05) is 55.5 Å². The summed E-state index contributed by atoms with van der Waals surface area (Å²) in [5.74, 6) is 0.0133. The van der Waals surface area contributed by atoms with Crippen LogP contribution in [0, 0.1) is 6.92 Å². The van der Waals surface area contributed by atoms with Gasteiger partial charge in [0, 0.05) is 16.1 Å². The topological polar surface area (TPSA) is 17.1 Å². The maximum absolute atomic E-state index is 12.5. The summed E-state index contributed by atoms with van der Waals surface area (Å²) in [5, 5.41) is 0.677. The molecule has 0 spiro atoms. The Bertz CT molecular complexity index is 805. The number of carbonyl (C=O) groups is 1. The molecular formula is C20H15ClO. The standard InChI is InChI=1S/C20H15ClO/c1-14-13-18(11-12-19(14)21)20(22)17-9-7-16(8-10-17)15-5-3-2-4-6-15/h2-13H,1H3. The van der Waals surface area contributed by atoms with Crippen molar-refractivity contribution in [3.05, 3.63) is 94.5 Å². The molecule has 0 aliphatic carbocycles. The van der Waals surface area contributed by atoms with E-state index in [1.54, 1.807) is 12.1 Å². The quantitative estimate of drug-likeness (QED) is 0.580. The summed E-state index contributed by atoms with van der Waals surface area (Å²) < 4.78 is 0. The Hall–Kier alpha value is -2.38. The lowest BCUT2D eigenvalue weighted by Crippen LogP contribution is -2.01. The van der Waals surface area contributed by atoms with Crippen molar-refractivity contribution in [3.63, 3.8) is 0 Å². The number of rotatable bonds is 3. The van der Waals surface area contributed by atoms with Gasteiger partial charge in [-0.1, -0.05) is 66.2 Å². The zero-order valence-corrected chi connectivity index (χ0v) is 13.0. The average molecular weight is 307 g/mol. The predicted octanol–water partition coefficient (Wildman–Crippen LogP) is 5.55. The van der Waals surface area contributed by atoms with Gasteiger partial charge in [0.05, 0.1) is 0 Å². The minimum absolute atomic E-state index is 0.0133. The highest BCUT2D eigenvalue weighted by atomic mass is 35.5. The molecule has 3 aromatic rings. The zero-order chi connectivity index (χ0) is 15.5. The number of hydrogen-bond acceptors (Lipinski definition) is 1. The Morgan fingerprint density at radius 1 is 0.773 bits per heavy atom. The molecule has 2 heteroatoms. The summed E-state index contributed by atoms with van der Waals surface area (Å²) in [7, 11) is 0.